The number of nitriles is 1. The van der Waals surface area contributed by atoms with Gasteiger partial charge in [0.25, 0.3) is 0 Å². The molecule has 0 atom stereocenters. The third-order valence-electron chi connectivity index (χ3n) is 3.05. The van der Waals surface area contributed by atoms with Crippen LogP contribution in [0.4, 0.5) is 0 Å². The Bertz CT molecular complexity index is 719. The predicted octanol–water partition coefficient (Wildman–Crippen LogP) is 2.93. The predicted molar refractivity (Wildman–Crippen MR) is 79.8 cm³/mol. The van der Waals surface area contributed by atoms with Crippen LogP contribution in [0.5, 0.6) is 11.5 Å². The summed E-state index contributed by atoms with van der Waals surface area (Å²) in [4.78, 5) is 12.1. The van der Waals surface area contributed by atoms with Gasteiger partial charge in [-0.2, -0.15) is 5.26 Å². The van der Waals surface area contributed by atoms with Gasteiger partial charge in [0, 0.05) is 0 Å². The number of ether oxygens (including phenoxy) is 3. The number of carbonyl (C=O) groups excluding carboxylic acids is 1. The maximum Gasteiger partial charge on any atom is 0.338 e. The van der Waals surface area contributed by atoms with Crippen LogP contribution in [0.1, 0.15) is 21.5 Å². The highest BCUT2D eigenvalue weighted by molar-refractivity contribution is 5.90. The molecule has 0 radical (unpaired) electrons. The molecule has 0 heterocycles. The molecule has 5 nitrogen and oxygen atoms in total. The minimum Gasteiger partial charge on any atom is -0.493 e. The largest absolute Gasteiger partial charge is 0.493 e. The molecule has 2 rings (SSSR count). The first-order valence-electron chi connectivity index (χ1n) is 6.56. The van der Waals surface area contributed by atoms with E-state index in [0.717, 1.165) is 5.56 Å². The van der Waals surface area contributed by atoms with E-state index in [1.807, 2.05) is 6.07 Å². The van der Waals surface area contributed by atoms with E-state index in [1.54, 1.807) is 42.5 Å². The Morgan fingerprint density at radius 3 is 2.55 bits per heavy atom. The average Bonchev–Trinajstić information content (AvgIpc) is 2.59. The topological polar surface area (TPSA) is 68.5 Å². The molecule has 0 bridgehead atoms. The van der Waals surface area contributed by atoms with Gasteiger partial charge in [0.05, 0.1) is 31.4 Å². The van der Waals surface area contributed by atoms with E-state index in [9.17, 15) is 4.79 Å². The first-order valence-corrected chi connectivity index (χ1v) is 6.56. The van der Waals surface area contributed by atoms with Gasteiger partial charge in [-0.15, -0.1) is 0 Å². The lowest BCUT2D eigenvalue weighted by molar-refractivity contribution is 0.0472. The minimum atomic E-state index is -0.469. The second-order valence-corrected chi connectivity index (χ2v) is 4.46. The number of benzene rings is 2. The van der Waals surface area contributed by atoms with Crippen LogP contribution in [0.2, 0.25) is 0 Å². The second kappa shape index (κ2) is 7.14. The van der Waals surface area contributed by atoms with E-state index >= 15 is 0 Å². The van der Waals surface area contributed by atoms with Crippen molar-refractivity contribution in [1.29, 1.82) is 5.26 Å². The molecular weight excluding hydrogens is 282 g/mol. The number of rotatable bonds is 5. The van der Waals surface area contributed by atoms with Crippen molar-refractivity contribution in [2.45, 2.75) is 6.61 Å². The molecule has 5 heteroatoms. The average molecular weight is 297 g/mol. The third kappa shape index (κ3) is 3.55. The zero-order valence-corrected chi connectivity index (χ0v) is 12.3. The zero-order chi connectivity index (χ0) is 15.9. The van der Waals surface area contributed by atoms with Crippen molar-refractivity contribution in [3.8, 4) is 17.6 Å². The summed E-state index contributed by atoms with van der Waals surface area (Å²) in [5.74, 6) is 0.535. The van der Waals surface area contributed by atoms with Gasteiger partial charge in [0.15, 0.2) is 11.5 Å². The van der Waals surface area contributed by atoms with Crippen LogP contribution in [0.15, 0.2) is 42.5 Å². The van der Waals surface area contributed by atoms with Crippen LogP contribution >= 0.6 is 0 Å². The van der Waals surface area contributed by atoms with Crippen LogP contribution in [0, 0.1) is 11.3 Å². The number of methoxy groups -OCH3 is 2. The lowest BCUT2D eigenvalue weighted by Gasteiger charge is -2.09. The summed E-state index contributed by atoms with van der Waals surface area (Å²) in [6, 6.07) is 13.8. The number of esters is 1. The summed E-state index contributed by atoms with van der Waals surface area (Å²) < 4.78 is 15.5. The molecule has 0 aliphatic rings. The van der Waals surface area contributed by atoms with Crippen molar-refractivity contribution in [2.75, 3.05) is 14.2 Å². The number of hydrogen-bond acceptors (Lipinski definition) is 5. The Morgan fingerprint density at radius 1 is 1.09 bits per heavy atom. The van der Waals surface area contributed by atoms with Crippen molar-refractivity contribution >= 4 is 5.97 Å². The SMILES string of the molecule is COc1ccc(C(=O)OCc2cccc(C#N)c2)cc1OC. The fraction of sp³-hybridized carbons (Fsp3) is 0.176. The van der Waals surface area contributed by atoms with Crippen LogP contribution in [-0.2, 0) is 11.3 Å². The van der Waals surface area contributed by atoms with Gasteiger partial charge in [0.1, 0.15) is 6.61 Å². The molecule has 2 aromatic carbocycles. The van der Waals surface area contributed by atoms with Crippen LogP contribution in [0.3, 0.4) is 0 Å². The fourth-order valence-electron chi connectivity index (χ4n) is 1.93. The number of hydrogen-bond donors (Lipinski definition) is 0. The van der Waals surface area contributed by atoms with Crippen molar-refractivity contribution in [1.82, 2.24) is 0 Å². The van der Waals surface area contributed by atoms with Gasteiger partial charge in [-0.1, -0.05) is 12.1 Å². The van der Waals surface area contributed by atoms with Crippen molar-refractivity contribution in [3.63, 3.8) is 0 Å². The normalized spacial score (nSPS) is 9.68. The van der Waals surface area contributed by atoms with Gasteiger partial charge < -0.3 is 14.2 Å². The second-order valence-electron chi connectivity index (χ2n) is 4.46. The van der Waals surface area contributed by atoms with Gasteiger partial charge in [-0.3, -0.25) is 0 Å². The minimum absolute atomic E-state index is 0.0999. The molecule has 0 aromatic heterocycles. The molecule has 0 unspecified atom stereocenters. The van der Waals surface area contributed by atoms with E-state index in [4.69, 9.17) is 19.5 Å². The highest BCUT2D eigenvalue weighted by Gasteiger charge is 2.12. The quantitative estimate of drug-likeness (QED) is 0.794. The lowest BCUT2D eigenvalue weighted by Crippen LogP contribution is -2.06. The zero-order valence-electron chi connectivity index (χ0n) is 12.3. The number of carbonyl (C=O) groups is 1. The molecule has 0 fully saturated rings. The molecule has 0 aliphatic heterocycles. The number of nitrogens with zero attached hydrogens (tertiary/aromatic N) is 1. The highest BCUT2D eigenvalue weighted by atomic mass is 16.5. The standard InChI is InChI=1S/C17H15NO4/c1-20-15-7-6-14(9-16(15)21-2)17(19)22-11-13-5-3-4-12(8-13)10-18/h3-9H,11H2,1-2H3. The van der Waals surface area contributed by atoms with Gasteiger partial charge in [0.2, 0.25) is 0 Å². The Hall–Kier alpha value is -3.00. The Morgan fingerprint density at radius 2 is 1.86 bits per heavy atom. The summed E-state index contributed by atoms with van der Waals surface area (Å²) in [7, 11) is 3.03. The summed E-state index contributed by atoms with van der Waals surface area (Å²) in [5, 5.41) is 8.84. The maximum absolute atomic E-state index is 12.1. The van der Waals surface area contributed by atoms with E-state index < -0.39 is 5.97 Å². The molecule has 112 valence electrons. The molecule has 0 saturated carbocycles. The summed E-state index contributed by atoms with van der Waals surface area (Å²) in [6.07, 6.45) is 0. The monoisotopic (exact) mass is 297 g/mol. The van der Waals surface area contributed by atoms with Crippen molar-refractivity contribution < 1.29 is 19.0 Å². The Labute approximate surface area is 128 Å². The first kappa shape index (κ1) is 15.4. The highest BCUT2D eigenvalue weighted by Crippen LogP contribution is 2.27. The fourth-order valence-corrected chi connectivity index (χ4v) is 1.93. The molecule has 22 heavy (non-hydrogen) atoms. The summed E-state index contributed by atoms with van der Waals surface area (Å²) in [5.41, 5.74) is 1.65. The van der Waals surface area contributed by atoms with E-state index in [2.05, 4.69) is 0 Å². The Kier molecular flexibility index (Phi) is 4.99. The molecule has 0 N–H and O–H groups in total. The molecular formula is C17H15NO4. The van der Waals surface area contributed by atoms with Gasteiger partial charge in [-0.05, 0) is 35.9 Å². The Balaban J connectivity index is 2.07. The van der Waals surface area contributed by atoms with E-state index in [-0.39, 0.29) is 6.61 Å². The van der Waals surface area contributed by atoms with Crippen molar-refractivity contribution in [2.24, 2.45) is 0 Å². The molecule has 2 aromatic rings. The summed E-state index contributed by atoms with van der Waals surface area (Å²) >= 11 is 0. The molecule has 0 spiro atoms. The third-order valence-corrected chi connectivity index (χ3v) is 3.05. The van der Waals surface area contributed by atoms with Crippen LogP contribution in [0.25, 0.3) is 0 Å². The van der Waals surface area contributed by atoms with E-state index in [0.29, 0.717) is 22.6 Å². The maximum atomic E-state index is 12.1. The van der Waals surface area contributed by atoms with Crippen molar-refractivity contribution in [3.05, 3.63) is 59.2 Å². The van der Waals surface area contributed by atoms with Crippen LogP contribution in [-0.4, -0.2) is 20.2 Å². The smallest absolute Gasteiger partial charge is 0.338 e. The molecule has 0 aliphatic carbocycles. The van der Waals surface area contributed by atoms with Gasteiger partial charge >= 0.3 is 5.97 Å². The van der Waals surface area contributed by atoms with E-state index in [1.165, 1.54) is 14.2 Å². The lowest BCUT2D eigenvalue weighted by atomic mass is 10.1. The first-order chi connectivity index (χ1) is 10.7. The molecule has 0 saturated heterocycles. The van der Waals surface area contributed by atoms with Gasteiger partial charge in [-0.25, -0.2) is 4.79 Å². The summed E-state index contributed by atoms with van der Waals surface area (Å²) in [6.45, 7) is 0.0999. The molecule has 0 amide bonds. The van der Waals surface area contributed by atoms with Crippen LogP contribution < -0.4 is 9.47 Å².